The van der Waals surface area contributed by atoms with Gasteiger partial charge in [-0.05, 0) is 48.4 Å². The summed E-state index contributed by atoms with van der Waals surface area (Å²) in [5.74, 6) is 0.572. The molecule has 0 radical (unpaired) electrons. The number of hydrogen-bond acceptors (Lipinski definition) is 6. The summed E-state index contributed by atoms with van der Waals surface area (Å²) in [4.78, 5) is 2.58. The Balaban J connectivity index is 2.06. The predicted molar refractivity (Wildman–Crippen MR) is 141 cm³/mol. The first-order valence-corrected chi connectivity index (χ1v) is 13.6. The van der Waals surface area contributed by atoms with Crippen molar-refractivity contribution < 1.29 is 13.2 Å². The second-order valence-electron chi connectivity index (χ2n) is 8.36. The molecule has 3 aromatic rings. The van der Waals surface area contributed by atoms with Crippen LogP contribution < -0.4 is 20.3 Å². The molecule has 0 aromatic heterocycles. The molecule has 0 saturated carbocycles. The number of anilines is 3. The fourth-order valence-electron chi connectivity index (χ4n) is 4.47. The van der Waals surface area contributed by atoms with Gasteiger partial charge in [0, 0.05) is 60.0 Å². The van der Waals surface area contributed by atoms with Crippen molar-refractivity contribution in [3.8, 4) is 16.9 Å². The van der Waals surface area contributed by atoms with E-state index in [-0.39, 0.29) is 4.90 Å². The van der Waals surface area contributed by atoms with Gasteiger partial charge in [-0.2, -0.15) is 0 Å². The van der Waals surface area contributed by atoms with Gasteiger partial charge in [0.1, 0.15) is 5.75 Å². The molecular formula is C26H30ClN3O3S. The Hall–Kier alpha value is -2.74. The second kappa shape index (κ2) is 10.3. The van der Waals surface area contributed by atoms with Crippen molar-refractivity contribution in [2.75, 3.05) is 49.8 Å². The van der Waals surface area contributed by atoms with Crippen molar-refractivity contribution in [1.82, 2.24) is 5.32 Å². The molecule has 1 heterocycles. The van der Waals surface area contributed by atoms with Crippen molar-refractivity contribution in [2.24, 2.45) is 0 Å². The van der Waals surface area contributed by atoms with Crippen LogP contribution >= 0.6 is 11.6 Å². The Morgan fingerprint density at radius 3 is 2.41 bits per heavy atom. The van der Waals surface area contributed by atoms with Gasteiger partial charge in [-0.15, -0.1) is 0 Å². The van der Waals surface area contributed by atoms with Crippen LogP contribution in [0.5, 0.6) is 5.75 Å². The number of piperazine rings is 1. The quantitative estimate of drug-likeness (QED) is 0.469. The number of ether oxygens (including phenoxy) is 1. The number of para-hydroxylation sites is 1. The zero-order chi connectivity index (χ0) is 24.3. The zero-order valence-corrected chi connectivity index (χ0v) is 21.3. The highest BCUT2D eigenvalue weighted by Crippen LogP contribution is 2.44. The van der Waals surface area contributed by atoms with E-state index >= 15 is 0 Å². The average Bonchev–Trinajstić information content (AvgIpc) is 2.83. The summed E-state index contributed by atoms with van der Waals surface area (Å²) in [6.07, 6.45) is 1.93. The Morgan fingerprint density at radius 1 is 1.09 bits per heavy atom. The van der Waals surface area contributed by atoms with Crippen LogP contribution in [0.2, 0.25) is 5.02 Å². The summed E-state index contributed by atoms with van der Waals surface area (Å²) >= 11 is 6.40. The highest BCUT2D eigenvalue weighted by Gasteiger charge is 2.28. The molecule has 0 atom stereocenters. The number of hydrogen-bond donors (Lipinski definition) is 2. The van der Waals surface area contributed by atoms with Crippen molar-refractivity contribution in [3.05, 3.63) is 65.2 Å². The molecule has 4 rings (SSSR count). The largest absolute Gasteiger partial charge is 0.497 e. The maximum atomic E-state index is 13.3. The van der Waals surface area contributed by atoms with Crippen LogP contribution in [0.4, 0.5) is 17.1 Å². The van der Waals surface area contributed by atoms with Gasteiger partial charge < -0.3 is 20.3 Å². The standard InChI is InChI=1S/C26H30ClN3O3S/c1-4-22-24(30-12-10-28-11-13-30)17-23(18-14-19(27)16-21(15-18)33-2)26(34(3,31)32)25(22)29-20-8-6-5-7-9-20/h5-9,14-17,28-29H,4,10-13H2,1-3H3. The SMILES string of the molecule is CCc1c(N2CCNCC2)cc(-c2cc(Cl)cc(OC)c2)c(S(C)(=O)=O)c1Nc1ccccc1. The first-order valence-electron chi connectivity index (χ1n) is 11.3. The molecule has 8 heteroatoms. The Kier molecular flexibility index (Phi) is 7.36. The van der Waals surface area contributed by atoms with Gasteiger partial charge >= 0.3 is 0 Å². The van der Waals surface area contributed by atoms with E-state index in [0.717, 1.165) is 43.1 Å². The highest BCUT2D eigenvalue weighted by atomic mass is 35.5. The van der Waals surface area contributed by atoms with E-state index in [2.05, 4.69) is 22.5 Å². The van der Waals surface area contributed by atoms with Gasteiger partial charge in [-0.25, -0.2) is 8.42 Å². The molecule has 0 aliphatic carbocycles. The number of nitrogens with one attached hydrogen (secondary N) is 2. The third-order valence-electron chi connectivity index (χ3n) is 6.01. The molecule has 0 bridgehead atoms. The molecule has 6 nitrogen and oxygen atoms in total. The predicted octanol–water partition coefficient (Wildman–Crippen LogP) is 5.13. The fraction of sp³-hybridized carbons (Fsp3) is 0.308. The minimum Gasteiger partial charge on any atom is -0.497 e. The molecule has 0 unspecified atom stereocenters. The number of halogens is 1. The van der Waals surface area contributed by atoms with Crippen molar-refractivity contribution in [2.45, 2.75) is 18.2 Å². The average molecular weight is 500 g/mol. The van der Waals surface area contributed by atoms with Crippen LogP contribution in [0.1, 0.15) is 12.5 Å². The lowest BCUT2D eigenvalue weighted by atomic mass is 9.97. The number of methoxy groups -OCH3 is 1. The third kappa shape index (κ3) is 5.17. The van der Waals surface area contributed by atoms with Crippen LogP contribution in [-0.2, 0) is 16.3 Å². The highest BCUT2D eigenvalue weighted by molar-refractivity contribution is 7.91. The molecule has 0 amide bonds. The van der Waals surface area contributed by atoms with Gasteiger partial charge in [0.25, 0.3) is 0 Å². The summed E-state index contributed by atoms with van der Waals surface area (Å²) < 4.78 is 32.0. The minimum absolute atomic E-state index is 0.261. The Morgan fingerprint density at radius 2 is 1.79 bits per heavy atom. The monoisotopic (exact) mass is 499 g/mol. The number of nitrogens with zero attached hydrogens (tertiary/aromatic N) is 1. The van der Waals surface area contributed by atoms with Crippen LogP contribution in [-0.4, -0.2) is 48.0 Å². The molecule has 1 fully saturated rings. The van der Waals surface area contributed by atoms with E-state index in [1.165, 1.54) is 6.26 Å². The number of sulfone groups is 1. The molecule has 1 aliphatic heterocycles. The summed E-state index contributed by atoms with van der Waals surface area (Å²) in [5, 5.41) is 7.32. The first-order chi connectivity index (χ1) is 16.3. The van der Waals surface area contributed by atoms with Gasteiger partial charge in [0.15, 0.2) is 9.84 Å². The summed E-state index contributed by atoms with van der Waals surface area (Å²) in [5.41, 5.74) is 4.75. The zero-order valence-electron chi connectivity index (χ0n) is 19.7. The minimum atomic E-state index is -3.62. The van der Waals surface area contributed by atoms with E-state index in [1.54, 1.807) is 19.2 Å². The van der Waals surface area contributed by atoms with E-state index in [4.69, 9.17) is 16.3 Å². The second-order valence-corrected chi connectivity index (χ2v) is 10.7. The lowest BCUT2D eigenvalue weighted by Crippen LogP contribution is -2.44. The van der Waals surface area contributed by atoms with E-state index in [0.29, 0.717) is 34.0 Å². The molecule has 3 aromatic carbocycles. The first kappa shape index (κ1) is 24.4. The molecule has 0 spiro atoms. The smallest absolute Gasteiger partial charge is 0.178 e. The number of benzene rings is 3. The fourth-order valence-corrected chi connectivity index (χ4v) is 5.81. The Labute approximate surface area is 206 Å². The maximum Gasteiger partial charge on any atom is 0.178 e. The molecule has 34 heavy (non-hydrogen) atoms. The van der Waals surface area contributed by atoms with Crippen LogP contribution in [0, 0.1) is 0 Å². The Bertz CT molecular complexity index is 1270. The van der Waals surface area contributed by atoms with E-state index < -0.39 is 9.84 Å². The molecule has 1 aliphatic rings. The van der Waals surface area contributed by atoms with Crippen molar-refractivity contribution in [1.29, 1.82) is 0 Å². The van der Waals surface area contributed by atoms with Gasteiger partial charge in [0.05, 0.1) is 17.7 Å². The summed E-state index contributed by atoms with van der Waals surface area (Å²) in [7, 11) is -2.05. The van der Waals surface area contributed by atoms with Gasteiger partial charge in [0.2, 0.25) is 0 Å². The normalized spacial score (nSPS) is 14.2. The summed E-state index contributed by atoms with van der Waals surface area (Å²) in [6.45, 7) is 5.49. The van der Waals surface area contributed by atoms with Crippen molar-refractivity contribution >= 4 is 38.5 Å². The van der Waals surface area contributed by atoms with Gasteiger partial charge in [-0.1, -0.05) is 36.7 Å². The van der Waals surface area contributed by atoms with Crippen LogP contribution in [0.3, 0.4) is 0 Å². The number of rotatable bonds is 7. The maximum absolute atomic E-state index is 13.3. The molecular weight excluding hydrogens is 470 g/mol. The van der Waals surface area contributed by atoms with Crippen LogP contribution in [0.15, 0.2) is 59.5 Å². The summed E-state index contributed by atoms with van der Waals surface area (Å²) in [6, 6.07) is 17.0. The molecule has 2 N–H and O–H groups in total. The van der Waals surface area contributed by atoms with Crippen molar-refractivity contribution in [3.63, 3.8) is 0 Å². The topological polar surface area (TPSA) is 70.7 Å². The van der Waals surface area contributed by atoms with Crippen LogP contribution in [0.25, 0.3) is 11.1 Å². The lowest BCUT2D eigenvalue weighted by molar-refractivity contribution is 0.415. The molecule has 1 saturated heterocycles. The van der Waals surface area contributed by atoms with Gasteiger partial charge in [-0.3, -0.25) is 0 Å². The third-order valence-corrected chi connectivity index (χ3v) is 7.39. The molecule has 180 valence electrons. The lowest BCUT2D eigenvalue weighted by Gasteiger charge is -2.33. The van der Waals surface area contributed by atoms with E-state index in [9.17, 15) is 8.42 Å². The van der Waals surface area contributed by atoms with E-state index in [1.807, 2.05) is 42.5 Å².